The van der Waals surface area contributed by atoms with E-state index in [0.717, 1.165) is 36.3 Å². The van der Waals surface area contributed by atoms with Crippen molar-refractivity contribution in [1.82, 2.24) is 4.98 Å². The molecule has 1 N–H and O–H groups in total. The van der Waals surface area contributed by atoms with Crippen molar-refractivity contribution in [3.05, 3.63) is 58.3 Å². The topological polar surface area (TPSA) is 46.5 Å². The fourth-order valence-electron chi connectivity index (χ4n) is 1.98. The molecule has 0 bridgehead atoms. The summed E-state index contributed by atoms with van der Waals surface area (Å²) in [7, 11) is 1.53. The van der Waals surface area contributed by atoms with E-state index in [2.05, 4.69) is 15.5 Å². The maximum atomic E-state index is 6.05. The molecule has 0 aliphatic rings. The fraction of sp³-hybridized carbons (Fsp3) is 0.250. The zero-order valence-electron chi connectivity index (χ0n) is 12.2. The number of hydrogen-bond donors (Lipinski definition) is 1. The van der Waals surface area contributed by atoms with Gasteiger partial charge in [0.1, 0.15) is 7.11 Å². The molecule has 0 amide bonds. The summed E-state index contributed by atoms with van der Waals surface area (Å²) in [5.74, 6) is 0. The molecule has 116 valence electrons. The monoisotopic (exact) mass is 337 g/mol. The molecule has 0 saturated heterocycles. The number of nitrogens with zero attached hydrogens (tertiary/aromatic N) is 2. The average Bonchev–Trinajstić information content (AvgIpc) is 2.54. The molecule has 0 radical (unpaired) electrons. The first-order valence-electron chi connectivity index (χ1n) is 6.90. The van der Waals surface area contributed by atoms with Crippen molar-refractivity contribution in [2.45, 2.75) is 12.8 Å². The number of oxime groups is 1. The number of halogens is 2. The molecule has 6 heteroatoms. The first-order valence-corrected chi connectivity index (χ1v) is 7.65. The molecule has 22 heavy (non-hydrogen) atoms. The van der Waals surface area contributed by atoms with Gasteiger partial charge in [-0.1, -0.05) is 34.4 Å². The zero-order chi connectivity index (χ0) is 15.8. The zero-order valence-corrected chi connectivity index (χ0v) is 13.7. The molecule has 0 fully saturated rings. The van der Waals surface area contributed by atoms with E-state index in [1.807, 2.05) is 18.2 Å². The van der Waals surface area contributed by atoms with Gasteiger partial charge in [-0.15, -0.1) is 0 Å². The summed E-state index contributed by atoms with van der Waals surface area (Å²) < 4.78 is 0. The number of anilines is 1. The molecular weight excluding hydrogens is 321 g/mol. The smallest absolute Gasteiger partial charge is 0.106 e. The SMILES string of the molecule is CO/N=C(\CCCNc1cccnc1)c1ccc(Cl)c(Cl)c1. The van der Waals surface area contributed by atoms with Crippen LogP contribution >= 0.6 is 23.2 Å². The van der Waals surface area contributed by atoms with Gasteiger partial charge in [0.2, 0.25) is 0 Å². The van der Waals surface area contributed by atoms with Crippen LogP contribution in [0.4, 0.5) is 5.69 Å². The Labute approximate surface area is 140 Å². The van der Waals surface area contributed by atoms with Crippen molar-refractivity contribution in [2.75, 3.05) is 19.0 Å². The van der Waals surface area contributed by atoms with Crippen LogP contribution in [0.3, 0.4) is 0 Å². The second-order valence-electron chi connectivity index (χ2n) is 4.62. The quantitative estimate of drug-likeness (QED) is 0.455. The van der Waals surface area contributed by atoms with Crippen LogP contribution < -0.4 is 5.32 Å². The predicted octanol–water partition coefficient (Wildman–Crippen LogP) is 4.63. The Balaban J connectivity index is 1.92. The van der Waals surface area contributed by atoms with Gasteiger partial charge >= 0.3 is 0 Å². The van der Waals surface area contributed by atoms with Crippen LogP contribution in [-0.4, -0.2) is 24.4 Å². The fourth-order valence-corrected chi connectivity index (χ4v) is 2.28. The summed E-state index contributed by atoms with van der Waals surface area (Å²) >= 11 is 12.0. The van der Waals surface area contributed by atoms with Crippen LogP contribution in [0.2, 0.25) is 10.0 Å². The molecule has 2 rings (SSSR count). The third-order valence-corrected chi connectivity index (χ3v) is 3.77. The lowest BCUT2D eigenvalue weighted by Crippen LogP contribution is -2.07. The van der Waals surface area contributed by atoms with Gasteiger partial charge in [-0.05, 0) is 37.1 Å². The number of rotatable bonds is 7. The summed E-state index contributed by atoms with van der Waals surface area (Å²) in [4.78, 5) is 8.99. The van der Waals surface area contributed by atoms with Crippen molar-refractivity contribution in [1.29, 1.82) is 0 Å². The van der Waals surface area contributed by atoms with Crippen LogP contribution in [0.25, 0.3) is 0 Å². The summed E-state index contributed by atoms with van der Waals surface area (Å²) in [6.07, 6.45) is 5.21. The molecule has 1 aromatic heterocycles. The van der Waals surface area contributed by atoms with E-state index in [-0.39, 0.29) is 0 Å². The Morgan fingerprint density at radius 2 is 2.14 bits per heavy atom. The first-order chi connectivity index (χ1) is 10.7. The Morgan fingerprint density at radius 1 is 1.27 bits per heavy atom. The van der Waals surface area contributed by atoms with Gasteiger partial charge in [-0.25, -0.2) is 0 Å². The minimum atomic E-state index is 0.511. The molecule has 0 unspecified atom stereocenters. The van der Waals surface area contributed by atoms with Gasteiger partial charge in [0.05, 0.1) is 21.4 Å². The van der Waals surface area contributed by atoms with E-state index in [0.29, 0.717) is 10.0 Å². The molecule has 1 aromatic carbocycles. The van der Waals surface area contributed by atoms with E-state index in [4.69, 9.17) is 28.0 Å². The van der Waals surface area contributed by atoms with Gasteiger partial charge in [0.15, 0.2) is 0 Å². The highest BCUT2D eigenvalue weighted by atomic mass is 35.5. The van der Waals surface area contributed by atoms with E-state index in [9.17, 15) is 0 Å². The number of aromatic nitrogens is 1. The molecule has 2 aromatic rings. The third-order valence-electron chi connectivity index (χ3n) is 3.04. The number of nitrogens with one attached hydrogen (secondary N) is 1. The second-order valence-corrected chi connectivity index (χ2v) is 5.44. The molecule has 0 aliphatic heterocycles. The standard InChI is InChI=1S/C16H17Cl2N3O/c1-22-21-16(12-6-7-14(17)15(18)10-12)5-3-9-20-13-4-2-8-19-11-13/h2,4,6-8,10-11,20H,3,5,9H2,1H3/b21-16+. The minimum absolute atomic E-state index is 0.511. The van der Waals surface area contributed by atoms with Gasteiger partial charge in [0, 0.05) is 24.5 Å². The molecular formula is C16H17Cl2N3O. The minimum Gasteiger partial charge on any atom is -0.399 e. The highest BCUT2D eigenvalue weighted by molar-refractivity contribution is 6.42. The summed E-state index contributed by atoms with van der Waals surface area (Å²) in [5.41, 5.74) is 2.76. The molecule has 0 aliphatic carbocycles. The predicted molar refractivity (Wildman–Crippen MR) is 92.0 cm³/mol. The lowest BCUT2D eigenvalue weighted by atomic mass is 10.1. The second kappa shape index (κ2) is 8.61. The molecule has 0 atom stereocenters. The molecule has 1 heterocycles. The van der Waals surface area contributed by atoms with Crippen molar-refractivity contribution in [2.24, 2.45) is 5.16 Å². The number of pyridine rings is 1. The van der Waals surface area contributed by atoms with Crippen LogP contribution in [0.5, 0.6) is 0 Å². The lowest BCUT2D eigenvalue weighted by molar-refractivity contribution is 0.213. The Morgan fingerprint density at radius 3 is 2.82 bits per heavy atom. The van der Waals surface area contributed by atoms with Crippen molar-refractivity contribution >= 4 is 34.6 Å². The molecule has 4 nitrogen and oxygen atoms in total. The van der Waals surface area contributed by atoms with Crippen LogP contribution in [0.15, 0.2) is 47.9 Å². The van der Waals surface area contributed by atoms with Gasteiger partial charge in [0.25, 0.3) is 0 Å². The van der Waals surface area contributed by atoms with E-state index in [1.54, 1.807) is 24.5 Å². The number of benzene rings is 1. The van der Waals surface area contributed by atoms with Crippen LogP contribution in [0, 0.1) is 0 Å². The molecule has 0 spiro atoms. The average molecular weight is 338 g/mol. The number of hydrogen-bond acceptors (Lipinski definition) is 4. The van der Waals surface area contributed by atoms with Gasteiger partial charge < -0.3 is 10.2 Å². The highest BCUT2D eigenvalue weighted by Gasteiger charge is 2.07. The normalized spacial score (nSPS) is 11.3. The summed E-state index contributed by atoms with van der Waals surface area (Å²) in [5, 5.41) is 8.43. The summed E-state index contributed by atoms with van der Waals surface area (Å²) in [6.45, 7) is 0.815. The highest BCUT2D eigenvalue weighted by Crippen LogP contribution is 2.23. The van der Waals surface area contributed by atoms with Gasteiger partial charge in [-0.2, -0.15) is 0 Å². The Kier molecular flexibility index (Phi) is 6.49. The van der Waals surface area contributed by atoms with Crippen molar-refractivity contribution in [3.8, 4) is 0 Å². The third kappa shape index (κ3) is 4.90. The Bertz CT molecular complexity index is 633. The first kappa shape index (κ1) is 16.6. The van der Waals surface area contributed by atoms with E-state index >= 15 is 0 Å². The van der Waals surface area contributed by atoms with E-state index in [1.165, 1.54) is 7.11 Å². The maximum Gasteiger partial charge on any atom is 0.106 e. The van der Waals surface area contributed by atoms with Gasteiger partial charge in [-0.3, -0.25) is 4.98 Å². The van der Waals surface area contributed by atoms with Crippen molar-refractivity contribution in [3.63, 3.8) is 0 Å². The summed E-state index contributed by atoms with van der Waals surface area (Å²) in [6, 6.07) is 9.33. The maximum absolute atomic E-state index is 6.05. The van der Waals surface area contributed by atoms with E-state index < -0.39 is 0 Å². The van der Waals surface area contributed by atoms with Crippen LogP contribution in [0.1, 0.15) is 18.4 Å². The van der Waals surface area contributed by atoms with Crippen LogP contribution in [-0.2, 0) is 4.84 Å². The lowest BCUT2D eigenvalue weighted by Gasteiger charge is -2.09. The molecule has 0 saturated carbocycles. The van der Waals surface area contributed by atoms with Crippen molar-refractivity contribution < 1.29 is 4.84 Å². The largest absolute Gasteiger partial charge is 0.399 e. The Hall–Kier alpha value is -1.78.